The second-order valence-electron chi connectivity index (χ2n) is 6.20. The van der Waals surface area contributed by atoms with Crippen molar-refractivity contribution in [2.75, 3.05) is 39.8 Å². The van der Waals surface area contributed by atoms with E-state index in [4.69, 9.17) is 4.74 Å². The van der Waals surface area contributed by atoms with E-state index < -0.39 is 0 Å². The van der Waals surface area contributed by atoms with Gasteiger partial charge in [0.15, 0.2) is 5.96 Å². The number of halogens is 1. The smallest absolute Gasteiger partial charge is 0.191 e. The molecule has 0 fully saturated rings. The summed E-state index contributed by atoms with van der Waals surface area (Å²) in [5.74, 6) is 1.75. The molecule has 0 saturated heterocycles. The largest absolute Gasteiger partial charge is 0.492 e. The third-order valence-corrected chi connectivity index (χ3v) is 5.36. The third kappa shape index (κ3) is 9.25. The van der Waals surface area contributed by atoms with Crippen molar-refractivity contribution in [1.29, 1.82) is 0 Å². The van der Waals surface area contributed by atoms with E-state index in [1.54, 1.807) is 18.4 Å². The lowest BCUT2D eigenvalue weighted by molar-refractivity contribution is 0.223. The molecule has 2 rings (SSSR count). The van der Waals surface area contributed by atoms with Crippen LogP contribution in [0.3, 0.4) is 0 Å². The maximum atomic E-state index is 5.83. The minimum atomic E-state index is 0. The van der Waals surface area contributed by atoms with E-state index in [1.165, 1.54) is 10.4 Å². The van der Waals surface area contributed by atoms with Crippen molar-refractivity contribution in [2.24, 2.45) is 4.99 Å². The van der Waals surface area contributed by atoms with Gasteiger partial charge in [-0.15, -0.1) is 35.3 Å². The number of ether oxygens (including phenoxy) is 1. The lowest BCUT2D eigenvalue weighted by Crippen LogP contribution is -2.37. The molecule has 1 heterocycles. The Hall–Kier alpha value is -1.32. The first-order valence-electron chi connectivity index (χ1n) is 9.66. The molecule has 0 unspecified atom stereocenters. The van der Waals surface area contributed by atoms with Crippen molar-refractivity contribution in [3.8, 4) is 5.75 Å². The summed E-state index contributed by atoms with van der Waals surface area (Å²) in [7, 11) is 1.80. The fourth-order valence-electron chi connectivity index (χ4n) is 2.70. The molecular formula is C21H33IN4OS. The molecule has 2 N–H and O–H groups in total. The van der Waals surface area contributed by atoms with Gasteiger partial charge in [0.05, 0.1) is 0 Å². The van der Waals surface area contributed by atoms with Crippen molar-refractivity contribution in [3.63, 3.8) is 0 Å². The molecule has 7 heteroatoms. The zero-order chi connectivity index (χ0) is 19.3. The average Bonchev–Trinajstić information content (AvgIpc) is 3.22. The number of hydrogen-bond acceptors (Lipinski definition) is 4. The first kappa shape index (κ1) is 24.7. The number of aliphatic imine (C=N–C) groups is 1. The number of nitrogens with one attached hydrogen (secondary N) is 2. The van der Waals surface area contributed by atoms with Gasteiger partial charge in [-0.1, -0.05) is 32.0 Å². The number of rotatable bonds is 11. The highest BCUT2D eigenvalue weighted by molar-refractivity contribution is 14.0. The van der Waals surface area contributed by atoms with Crippen LogP contribution in [0.15, 0.2) is 46.8 Å². The van der Waals surface area contributed by atoms with E-state index in [2.05, 4.69) is 64.0 Å². The van der Waals surface area contributed by atoms with Gasteiger partial charge in [-0.25, -0.2) is 0 Å². The topological polar surface area (TPSA) is 48.9 Å². The van der Waals surface area contributed by atoms with Crippen LogP contribution in [-0.2, 0) is 13.0 Å². The summed E-state index contributed by atoms with van der Waals surface area (Å²) < 4.78 is 5.83. The Kier molecular flexibility index (Phi) is 12.9. The van der Waals surface area contributed by atoms with Gasteiger partial charge in [0.1, 0.15) is 12.4 Å². The fourth-order valence-corrected chi connectivity index (χ4v) is 3.41. The average molecular weight is 516 g/mol. The van der Waals surface area contributed by atoms with Crippen molar-refractivity contribution >= 4 is 41.3 Å². The Morgan fingerprint density at radius 1 is 1.11 bits per heavy atom. The number of guanidine groups is 1. The maximum absolute atomic E-state index is 5.83. The molecule has 0 aliphatic carbocycles. The number of thiophene rings is 1. The van der Waals surface area contributed by atoms with Crippen LogP contribution < -0.4 is 15.4 Å². The minimum Gasteiger partial charge on any atom is -0.492 e. The molecular weight excluding hydrogens is 483 g/mol. The van der Waals surface area contributed by atoms with E-state index in [0.29, 0.717) is 0 Å². The van der Waals surface area contributed by atoms with Crippen LogP contribution >= 0.6 is 35.3 Å². The van der Waals surface area contributed by atoms with Crippen LogP contribution in [0.5, 0.6) is 5.75 Å². The standard InChI is InChI=1S/C21H32N4OS.HI/c1-4-25(5-2)14-15-26-19-10-8-18(9-11-19)17-24-21(22-3)23-13-12-20-7-6-16-27-20;/h6-11,16H,4-5,12-15,17H2,1-3H3,(H2,22,23,24);1H. The van der Waals surface area contributed by atoms with E-state index in [9.17, 15) is 0 Å². The highest BCUT2D eigenvalue weighted by atomic mass is 127. The summed E-state index contributed by atoms with van der Waals surface area (Å²) in [6, 6.07) is 12.5. The van der Waals surface area contributed by atoms with E-state index in [-0.39, 0.29) is 24.0 Å². The number of benzene rings is 1. The highest BCUT2D eigenvalue weighted by Gasteiger charge is 2.02. The molecule has 0 saturated carbocycles. The van der Waals surface area contributed by atoms with Crippen LogP contribution in [0, 0.1) is 0 Å². The maximum Gasteiger partial charge on any atom is 0.191 e. The number of likely N-dealkylation sites (N-methyl/N-ethyl adjacent to an activating group) is 1. The molecule has 0 bridgehead atoms. The second-order valence-corrected chi connectivity index (χ2v) is 7.23. The van der Waals surface area contributed by atoms with Gasteiger partial charge in [-0.05, 0) is 48.7 Å². The second kappa shape index (κ2) is 14.6. The molecule has 0 aliphatic heterocycles. The molecule has 5 nitrogen and oxygen atoms in total. The van der Waals surface area contributed by atoms with Crippen molar-refractivity contribution in [2.45, 2.75) is 26.8 Å². The first-order chi connectivity index (χ1) is 13.2. The van der Waals surface area contributed by atoms with Gasteiger partial charge in [-0.3, -0.25) is 4.99 Å². The van der Waals surface area contributed by atoms with Crippen LogP contribution in [0.25, 0.3) is 0 Å². The third-order valence-electron chi connectivity index (χ3n) is 4.42. The van der Waals surface area contributed by atoms with E-state index in [0.717, 1.165) is 57.5 Å². The Morgan fingerprint density at radius 2 is 1.86 bits per heavy atom. The highest BCUT2D eigenvalue weighted by Crippen LogP contribution is 2.12. The molecule has 0 amide bonds. The normalized spacial score (nSPS) is 11.2. The number of hydrogen-bond donors (Lipinski definition) is 2. The quantitative estimate of drug-likeness (QED) is 0.270. The predicted octanol–water partition coefficient (Wildman–Crippen LogP) is 3.99. The first-order valence-corrected chi connectivity index (χ1v) is 10.5. The molecule has 156 valence electrons. The van der Waals surface area contributed by atoms with Gasteiger partial charge in [0.25, 0.3) is 0 Å². The molecule has 1 aromatic heterocycles. The summed E-state index contributed by atoms with van der Waals surface area (Å²) >= 11 is 1.79. The van der Waals surface area contributed by atoms with Crippen LogP contribution in [0.4, 0.5) is 0 Å². The van der Waals surface area contributed by atoms with Crippen molar-refractivity contribution in [1.82, 2.24) is 15.5 Å². The SMILES string of the molecule is CCN(CC)CCOc1ccc(CNC(=NC)NCCc2cccs2)cc1.I. The minimum absolute atomic E-state index is 0. The molecule has 0 radical (unpaired) electrons. The zero-order valence-corrected chi connectivity index (χ0v) is 20.3. The summed E-state index contributed by atoms with van der Waals surface area (Å²) in [6.45, 7) is 9.77. The van der Waals surface area contributed by atoms with Crippen LogP contribution in [-0.4, -0.2) is 50.7 Å². The number of nitrogens with zero attached hydrogens (tertiary/aromatic N) is 2. The van der Waals surface area contributed by atoms with Crippen LogP contribution in [0.2, 0.25) is 0 Å². The van der Waals surface area contributed by atoms with Crippen molar-refractivity contribution in [3.05, 3.63) is 52.2 Å². The molecule has 1 aromatic carbocycles. The van der Waals surface area contributed by atoms with Gasteiger partial charge >= 0.3 is 0 Å². The summed E-state index contributed by atoms with van der Waals surface area (Å²) in [5, 5.41) is 8.82. The predicted molar refractivity (Wildman–Crippen MR) is 131 cm³/mol. The monoisotopic (exact) mass is 516 g/mol. The fraction of sp³-hybridized carbons (Fsp3) is 0.476. The van der Waals surface area contributed by atoms with Gasteiger partial charge in [-0.2, -0.15) is 0 Å². The molecule has 0 atom stereocenters. The lowest BCUT2D eigenvalue weighted by Gasteiger charge is -2.18. The summed E-state index contributed by atoms with van der Waals surface area (Å²) in [4.78, 5) is 8.02. The summed E-state index contributed by atoms with van der Waals surface area (Å²) in [6.07, 6.45) is 1.01. The van der Waals surface area contributed by atoms with Gasteiger partial charge in [0.2, 0.25) is 0 Å². The Morgan fingerprint density at radius 3 is 2.46 bits per heavy atom. The van der Waals surface area contributed by atoms with Crippen molar-refractivity contribution < 1.29 is 4.74 Å². The van der Waals surface area contributed by atoms with Crippen LogP contribution in [0.1, 0.15) is 24.3 Å². The molecule has 0 aliphatic rings. The Balaban J connectivity index is 0.00000392. The molecule has 2 aromatic rings. The van der Waals surface area contributed by atoms with Gasteiger partial charge in [0, 0.05) is 31.6 Å². The molecule has 0 spiro atoms. The Bertz CT molecular complexity index is 658. The Labute approximate surface area is 190 Å². The van der Waals surface area contributed by atoms with Gasteiger partial charge < -0.3 is 20.3 Å². The van der Waals surface area contributed by atoms with E-state index >= 15 is 0 Å². The lowest BCUT2D eigenvalue weighted by atomic mass is 10.2. The van der Waals surface area contributed by atoms with E-state index in [1.807, 2.05) is 12.1 Å². The summed E-state index contributed by atoms with van der Waals surface area (Å²) in [5.41, 5.74) is 1.20. The molecule has 28 heavy (non-hydrogen) atoms. The zero-order valence-electron chi connectivity index (χ0n) is 17.1.